The van der Waals surface area contributed by atoms with E-state index in [1.807, 2.05) is 18.2 Å². The number of nitrogens with one attached hydrogen (secondary N) is 1. The van der Waals surface area contributed by atoms with Crippen molar-refractivity contribution in [3.05, 3.63) is 52.8 Å². The second kappa shape index (κ2) is 5.82. The van der Waals surface area contributed by atoms with Crippen LogP contribution < -0.4 is 14.8 Å². The molecule has 0 saturated carbocycles. The van der Waals surface area contributed by atoms with Crippen LogP contribution in [0.5, 0.6) is 11.5 Å². The number of ether oxygens (including phenoxy) is 2. The maximum atomic E-state index is 13.3. The standard InChI is InChI=1S/C16H15ClFNO2/c1-20-16-8-12(3-4-14(16)18)19-9-13-7-10-6-11(17)2-5-15(10)21-13/h2-6,8,13,19H,7,9H2,1H3. The second-order valence-corrected chi connectivity index (χ2v) is 5.36. The molecule has 1 aliphatic heterocycles. The Labute approximate surface area is 127 Å². The number of halogens is 2. The first kappa shape index (κ1) is 14.0. The first-order valence-electron chi connectivity index (χ1n) is 6.68. The lowest BCUT2D eigenvalue weighted by Crippen LogP contribution is -2.23. The number of methoxy groups -OCH3 is 1. The fourth-order valence-corrected chi connectivity index (χ4v) is 2.60. The van der Waals surface area contributed by atoms with Gasteiger partial charge in [-0.25, -0.2) is 4.39 Å². The van der Waals surface area contributed by atoms with E-state index >= 15 is 0 Å². The van der Waals surface area contributed by atoms with E-state index in [1.54, 1.807) is 12.1 Å². The van der Waals surface area contributed by atoms with E-state index in [2.05, 4.69) is 5.32 Å². The maximum Gasteiger partial charge on any atom is 0.165 e. The molecule has 3 nitrogen and oxygen atoms in total. The third-order valence-electron chi connectivity index (χ3n) is 3.45. The second-order valence-electron chi connectivity index (χ2n) is 4.93. The highest BCUT2D eigenvalue weighted by molar-refractivity contribution is 6.30. The van der Waals surface area contributed by atoms with Gasteiger partial charge in [-0.1, -0.05) is 11.6 Å². The number of benzene rings is 2. The molecular weight excluding hydrogens is 293 g/mol. The van der Waals surface area contributed by atoms with Crippen molar-refractivity contribution in [2.24, 2.45) is 0 Å². The zero-order valence-electron chi connectivity index (χ0n) is 11.5. The van der Waals surface area contributed by atoms with Gasteiger partial charge in [0, 0.05) is 23.2 Å². The topological polar surface area (TPSA) is 30.5 Å². The number of fused-ring (bicyclic) bond motifs is 1. The summed E-state index contributed by atoms with van der Waals surface area (Å²) in [5, 5.41) is 3.95. The average Bonchev–Trinajstić information content (AvgIpc) is 2.88. The van der Waals surface area contributed by atoms with Crippen molar-refractivity contribution in [1.82, 2.24) is 0 Å². The zero-order chi connectivity index (χ0) is 14.8. The van der Waals surface area contributed by atoms with Gasteiger partial charge in [0.1, 0.15) is 11.9 Å². The molecule has 1 unspecified atom stereocenters. The van der Waals surface area contributed by atoms with E-state index in [0.29, 0.717) is 11.6 Å². The summed E-state index contributed by atoms with van der Waals surface area (Å²) in [5.41, 5.74) is 1.91. The molecule has 1 N–H and O–H groups in total. The molecule has 0 fully saturated rings. The number of anilines is 1. The first-order chi connectivity index (χ1) is 10.2. The van der Waals surface area contributed by atoms with Crippen LogP contribution in [0.3, 0.4) is 0 Å². The maximum absolute atomic E-state index is 13.3. The van der Waals surface area contributed by atoms with Gasteiger partial charge >= 0.3 is 0 Å². The molecule has 110 valence electrons. The smallest absolute Gasteiger partial charge is 0.165 e. The Morgan fingerprint density at radius 3 is 3.00 bits per heavy atom. The fourth-order valence-electron chi connectivity index (χ4n) is 2.40. The van der Waals surface area contributed by atoms with E-state index in [9.17, 15) is 4.39 Å². The zero-order valence-corrected chi connectivity index (χ0v) is 12.3. The molecular formula is C16H15ClFNO2. The normalized spacial score (nSPS) is 16.2. The van der Waals surface area contributed by atoms with Crippen LogP contribution in [0, 0.1) is 5.82 Å². The lowest BCUT2D eigenvalue weighted by Gasteiger charge is -2.13. The van der Waals surface area contributed by atoms with Crippen LogP contribution in [-0.2, 0) is 6.42 Å². The third kappa shape index (κ3) is 3.05. The van der Waals surface area contributed by atoms with E-state index < -0.39 is 0 Å². The molecule has 0 aromatic heterocycles. The first-order valence-corrected chi connectivity index (χ1v) is 7.06. The fraction of sp³-hybridized carbons (Fsp3) is 0.250. The molecule has 0 amide bonds. The predicted octanol–water partition coefficient (Wildman–Crippen LogP) is 3.90. The summed E-state index contributed by atoms with van der Waals surface area (Å²) in [7, 11) is 1.45. The molecule has 5 heteroatoms. The van der Waals surface area contributed by atoms with Crippen molar-refractivity contribution < 1.29 is 13.9 Å². The Morgan fingerprint density at radius 2 is 2.19 bits per heavy atom. The number of rotatable bonds is 4. The molecule has 0 bridgehead atoms. The molecule has 2 aromatic carbocycles. The minimum Gasteiger partial charge on any atom is -0.494 e. The van der Waals surface area contributed by atoms with Crippen LogP contribution in [0.4, 0.5) is 10.1 Å². The monoisotopic (exact) mass is 307 g/mol. The summed E-state index contributed by atoms with van der Waals surface area (Å²) in [4.78, 5) is 0. The van der Waals surface area contributed by atoms with E-state index in [0.717, 1.165) is 23.4 Å². The van der Waals surface area contributed by atoms with Crippen molar-refractivity contribution in [2.75, 3.05) is 19.0 Å². The van der Waals surface area contributed by atoms with Gasteiger partial charge in [0.2, 0.25) is 0 Å². The summed E-state index contributed by atoms with van der Waals surface area (Å²) >= 11 is 5.97. The summed E-state index contributed by atoms with van der Waals surface area (Å²) in [6.07, 6.45) is 0.843. The van der Waals surface area contributed by atoms with Gasteiger partial charge in [0.25, 0.3) is 0 Å². The summed E-state index contributed by atoms with van der Waals surface area (Å²) in [5.74, 6) is 0.729. The van der Waals surface area contributed by atoms with Gasteiger partial charge in [-0.05, 0) is 35.9 Å². The van der Waals surface area contributed by atoms with Gasteiger partial charge in [-0.15, -0.1) is 0 Å². The van der Waals surface area contributed by atoms with Crippen molar-refractivity contribution in [1.29, 1.82) is 0 Å². The number of hydrogen-bond donors (Lipinski definition) is 1. The lowest BCUT2D eigenvalue weighted by atomic mass is 10.1. The molecule has 3 rings (SSSR count). The van der Waals surface area contributed by atoms with Crippen LogP contribution in [0.2, 0.25) is 5.02 Å². The van der Waals surface area contributed by atoms with E-state index in [-0.39, 0.29) is 17.7 Å². The van der Waals surface area contributed by atoms with Crippen molar-refractivity contribution in [3.8, 4) is 11.5 Å². The SMILES string of the molecule is COc1cc(NCC2Cc3cc(Cl)ccc3O2)ccc1F. The summed E-state index contributed by atoms with van der Waals surface area (Å²) in [6, 6.07) is 10.3. The quantitative estimate of drug-likeness (QED) is 0.929. The van der Waals surface area contributed by atoms with Crippen LogP contribution >= 0.6 is 11.6 Å². The predicted molar refractivity (Wildman–Crippen MR) is 81.0 cm³/mol. The number of hydrogen-bond acceptors (Lipinski definition) is 3. The molecule has 21 heavy (non-hydrogen) atoms. The largest absolute Gasteiger partial charge is 0.494 e. The average molecular weight is 308 g/mol. The molecule has 0 aliphatic carbocycles. The molecule has 0 radical (unpaired) electrons. The summed E-state index contributed by atoms with van der Waals surface area (Å²) < 4.78 is 24.1. The Kier molecular flexibility index (Phi) is 3.88. The van der Waals surface area contributed by atoms with Crippen molar-refractivity contribution in [3.63, 3.8) is 0 Å². The van der Waals surface area contributed by atoms with Crippen molar-refractivity contribution in [2.45, 2.75) is 12.5 Å². The van der Waals surface area contributed by atoms with Crippen LogP contribution in [-0.4, -0.2) is 19.8 Å². The highest BCUT2D eigenvalue weighted by atomic mass is 35.5. The van der Waals surface area contributed by atoms with Crippen LogP contribution in [0.1, 0.15) is 5.56 Å². The Bertz CT molecular complexity index is 663. The highest BCUT2D eigenvalue weighted by Crippen LogP contribution is 2.31. The summed E-state index contributed by atoms with van der Waals surface area (Å²) in [6.45, 7) is 0.626. The van der Waals surface area contributed by atoms with Crippen molar-refractivity contribution >= 4 is 17.3 Å². The minimum atomic E-state index is -0.373. The van der Waals surface area contributed by atoms with E-state index in [4.69, 9.17) is 21.1 Å². The Morgan fingerprint density at radius 1 is 1.33 bits per heavy atom. The third-order valence-corrected chi connectivity index (χ3v) is 3.68. The Hall–Kier alpha value is -1.94. The van der Waals surface area contributed by atoms with Gasteiger partial charge in [0.15, 0.2) is 11.6 Å². The molecule has 0 spiro atoms. The lowest BCUT2D eigenvalue weighted by molar-refractivity contribution is 0.246. The molecule has 1 heterocycles. The van der Waals surface area contributed by atoms with Gasteiger partial charge < -0.3 is 14.8 Å². The van der Waals surface area contributed by atoms with Crippen LogP contribution in [0.25, 0.3) is 0 Å². The minimum absolute atomic E-state index is 0.0366. The molecule has 2 aromatic rings. The van der Waals surface area contributed by atoms with Gasteiger partial charge in [0.05, 0.1) is 13.7 Å². The Balaban J connectivity index is 1.62. The highest BCUT2D eigenvalue weighted by Gasteiger charge is 2.22. The molecule has 1 atom stereocenters. The molecule has 0 saturated heterocycles. The van der Waals surface area contributed by atoms with E-state index in [1.165, 1.54) is 13.2 Å². The van der Waals surface area contributed by atoms with Crippen LogP contribution in [0.15, 0.2) is 36.4 Å². The van der Waals surface area contributed by atoms with Gasteiger partial charge in [-0.3, -0.25) is 0 Å². The van der Waals surface area contributed by atoms with Gasteiger partial charge in [-0.2, -0.15) is 0 Å². The molecule has 1 aliphatic rings.